The largest absolute Gasteiger partial charge is 0.456 e. The Labute approximate surface area is 362 Å². The van der Waals surface area contributed by atoms with Gasteiger partial charge in [-0.15, -0.1) is 16.4 Å². The van der Waals surface area contributed by atoms with Crippen LogP contribution in [0.15, 0.2) is 114 Å². The van der Waals surface area contributed by atoms with E-state index >= 15 is 0 Å². The molecule has 2 aromatic heterocycles. The fourth-order valence-corrected chi connectivity index (χ4v) is 9.21. The molecule has 15 heteroatoms. The maximum Gasteiger partial charge on any atom is 0.167 e. The van der Waals surface area contributed by atoms with Crippen LogP contribution in [0.25, 0.3) is 89.5 Å². The van der Waals surface area contributed by atoms with Crippen molar-refractivity contribution >= 4 is 168 Å². The average Bonchev–Trinajstić information content (AvgIpc) is 3.68. The molecule has 0 saturated heterocycles. The smallest absolute Gasteiger partial charge is 0.167 e. The molecule has 0 unspecified atom stereocenters. The van der Waals surface area contributed by atoms with Crippen LogP contribution < -0.4 is 60.1 Å². The molecule has 0 spiro atoms. The third-order valence-corrected chi connectivity index (χ3v) is 13.7. The van der Waals surface area contributed by atoms with E-state index in [4.69, 9.17) is 19.4 Å². The molecule has 2 heterocycles. The lowest BCUT2D eigenvalue weighted by molar-refractivity contribution is 0.673. The van der Waals surface area contributed by atoms with Crippen LogP contribution in [0.5, 0.6) is 0 Å². The van der Waals surface area contributed by atoms with E-state index in [1.807, 2.05) is 12.1 Å². The zero-order chi connectivity index (χ0) is 42.1. The van der Waals surface area contributed by atoms with Crippen molar-refractivity contribution in [3.63, 3.8) is 0 Å². The molecule has 9 aromatic rings. The van der Waals surface area contributed by atoms with E-state index in [9.17, 15) is 0 Å². The number of furan rings is 1. The van der Waals surface area contributed by atoms with Gasteiger partial charge in [0.05, 0.1) is 5.56 Å². The number of fused-ring (bicyclic) bond motifs is 3. The fourth-order valence-electron chi connectivity index (χ4n) is 9.21. The number of nitrogens with zero attached hydrogens (tertiary/aromatic N) is 3. The number of benzene rings is 7. The van der Waals surface area contributed by atoms with Gasteiger partial charge in [0.1, 0.15) is 97.5 Å². The van der Waals surface area contributed by atoms with Gasteiger partial charge in [0, 0.05) is 21.9 Å². The number of hydrogen-bond donors (Lipinski definition) is 0. The topological polar surface area (TPSA) is 51.8 Å². The van der Waals surface area contributed by atoms with E-state index in [1.54, 1.807) is 0 Å². The Bertz CT molecular complexity index is 3060. The summed E-state index contributed by atoms with van der Waals surface area (Å²) in [5, 5.41) is 2.30. The van der Waals surface area contributed by atoms with Crippen LogP contribution in [0.1, 0.15) is 0 Å². The molecule has 0 aliphatic rings. The Morgan fingerprint density at radius 3 is 1.10 bits per heavy atom. The maximum atomic E-state index is 7.27. The van der Waals surface area contributed by atoms with Crippen LogP contribution in [0.4, 0.5) is 0 Å². The second-order valence-electron chi connectivity index (χ2n) is 16.7. The van der Waals surface area contributed by atoms with Crippen molar-refractivity contribution in [3.05, 3.63) is 109 Å². The molecule has 60 heavy (non-hydrogen) atoms. The SMILES string of the molecule is Bc1c(B)c(B)c(-c2c(B)c(B)c(B)c3oc4c(-c5nc(-c6ccc(-c7ccccc7)cc6)nc(-c6ccc(-c7ccccc7)cc6)n5)c(B)c(B)c(B)c4c23)c(B)c1B. The molecule has 0 saturated carbocycles. The zero-order valence-electron chi connectivity index (χ0n) is 36.6. The van der Waals surface area contributed by atoms with Crippen molar-refractivity contribution in [2.24, 2.45) is 0 Å². The van der Waals surface area contributed by atoms with Gasteiger partial charge in [0.25, 0.3) is 0 Å². The van der Waals surface area contributed by atoms with Crippen LogP contribution in [0, 0.1) is 0 Å². The van der Waals surface area contributed by atoms with Gasteiger partial charge in [-0.05, 0) is 33.4 Å². The standard InChI is InChI=1S/C45H40B11N3O/c46-30-25(27-31(47)36(52)39(55)37(53)32(27)48)26-28-33(49)35(51)34(50)29(41(28)60-42(26)40(56)38(30)54)45-58-43(23-15-11-21(12-16-23)19-7-3-1-4-8-19)57-44(59-45)24-17-13-22(14-18-24)20-9-5-2-6-10-20/h1-18H,46-56H2. The molecule has 0 fully saturated rings. The van der Waals surface area contributed by atoms with Crippen LogP contribution >= 0.6 is 0 Å². The first-order valence-electron chi connectivity index (χ1n) is 21.0. The first-order valence-corrected chi connectivity index (χ1v) is 21.0. The Hall–Kier alpha value is -5.94. The summed E-state index contributed by atoms with van der Waals surface area (Å²) in [6.45, 7) is 0. The Morgan fingerprint density at radius 2 is 0.617 bits per heavy atom. The maximum absolute atomic E-state index is 7.27. The summed E-state index contributed by atoms with van der Waals surface area (Å²) < 4.78 is 7.27. The summed E-state index contributed by atoms with van der Waals surface area (Å²) in [4.78, 5) is 15.8. The molecule has 9 rings (SSSR count). The second-order valence-corrected chi connectivity index (χ2v) is 16.7. The van der Waals surface area contributed by atoms with Gasteiger partial charge in [-0.2, -0.15) is 0 Å². The van der Waals surface area contributed by atoms with E-state index < -0.39 is 0 Å². The highest BCUT2D eigenvalue weighted by Crippen LogP contribution is 2.37. The predicted molar refractivity (Wildman–Crippen MR) is 290 cm³/mol. The number of aromatic nitrogens is 3. The second kappa shape index (κ2) is 15.3. The quantitative estimate of drug-likeness (QED) is 0.159. The molecule has 0 radical (unpaired) electrons. The van der Waals surface area contributed by atoms with Crippen LogP contribution in [-0.2, 0) is 0 Å². The van der Waals surface area contributed by atoms with Crippen molar-refractivity contribution in [1.82, 2.24) is 15.0 Å². The van der Waals surface area contributed by atoms with E-state index in [-0.39, 0.29) is 0 Å². The van der Waals surface area contributed by atoms with E-state index in [1.165, 1.54) is 76.8 Å². The van der Waals surface area contributed by atoms with Crippen molar-refractivity contribution < 1.29 is 4.42 Å². The zero-order valence-corrected chi connectivity index (χ0v) is 36.6. The lowest BCUT2D eigenvalue weighted by Crippen LogP contribution is -2.56. The Morgan fingerprint density at radius 1 is 0.267 bits per heavy atom. The summed E-state index contributed by atoms with van der Waals surface area (Å²) >= 11 is 0. The summed E-state index contributed by atoms with van der Waals surface area (Å²) in [5.74, 6) is 1.83. The molecule has 0 atom stereocenters. The van der Waals surface area contributed by atoms with Gasteiger partial charge in [-0.1, -0.05) is 153 Å². The summed E-state index contributed by atoms with van der Waals surface area (Å²) in [6, 6.07) is 38.0. The monoisotopic (exact) mass is 759 g/mol. The molecule has 0 bridgehead atoms. The van der Waals surface area contributed by atoms with Gasteiger partial charge < -0.3 is 4.42 Å². The predicted octanol–water partition coefficient (Wildman–Crippen LogP) is -7.38. The number of hydrogen-bond acceptors (Lipinski definition) is 4. The van der Waals surface area contributed by atoms with Gasteiger partial charge in [0.15, 0.2) is 17.5 Å². The molecule has 0 aliphatic heterocycles. The van der Waals surface area contributed by atoms with Gasteiger partial charge in [0.2, 0.25) is 0 Å². The summed E-state index contributed by atoms with van der Waals surface area (Å²) in [5.41, 5.74) is 25.6. The van der Waals surface area contributed by atoms with Crippen molar-refractivity contribution in [2.75, 3.05) is 0 Å². The van der Waals surface area contributed by atoms with E-state index in [0.29, 0.717) is 17.5 Å². The Kier molecular flexibility index (Phi) is 10.1. The molecular weight excluding hydrogens is 717 g/mol. The van der Waals surface area contributed by atoms with Crippen molar-refractivity contribution in [2.45, 2.75) is 0 Å². The molecule has 4 nitrogen and oxygen atoms in total. The van der Waals surface area contributed by atoms with Gasteiger partial charge >= 0.3 is 0 Å². The lowest BCUT2D eigenvalue weighted by Gasteiger charge is -2.24. The summed E-state index contributed by atoms with van der Waals surface area (Å²) in [7, 11) is 24.7. The minimum absolute atomic E-state index is 0.598. The molecule has 274 valence electrons. The van der Waals surface area contributed by atoms with Crippen molar-refractivity contribution in [1.29, 1.82) is 0 Å². The highest BCUT2D eigenvalue weighted by molar-refractivity contribution is 6.71. The Balaban J connectivity index is 1.33. The van der Waals surface area contributed by atoms with Gasteiger partial charge in [-0.25, -0.2) is 15.0 Å². The van der Waals surface area contributed by atoms with Crippen LogP contribution in [-0.4, -0.2) is 101 Å². The van der Waals surface area contributed by atoms with Crippen LogP contribution in [0.2, 0.25) is 0 Å². The molecular formula is C45H40B11N3O. The molecule has 0 N–H and O–H groups in total. The molecule has 7 aromatic carbocycles. The third kappa shape index (κ3) is 6.36. The average molecular weight is 758 g/mol. The molecule has 0 aliphatic carbocycles. The minimum Gasteiger partial charge on any atom is -0.456 e. The van der Waals surface area contributed by atoms with E-state index in [0.717, 1.165) is 55.3 Å². The first kappa shape index (κ1) is 39.5. The van der Waals surface area contributed by atoms with E-state index in [2.05, 4.69) is 183 Å². The summed E-state index contributed by atoms with van der Waals surface area (Å²) in [6.07, 6.45) is 0. The first-order chi connectivity index (χ1) is 28.8. The molecule has 0 amide bonds. The normalized spacial score (nSPS) is 11.4. The highest BCUT2D eigenvalue weighted by Gasteiger charge is 2.28. The fraction of sp³-hybridized carbons (Fsp3) is 0. The lowest BCUT2D eigenvalue weighted by atomic mass is 9.57. The van der Waals surface area contributed by atoms with Crippen LogP contribution in [0.3, 0.4) is 0 Å². The number of rotatable bonds is 6. The van der Waals surface area contributed by atoms with Crippen molar-refractivity contribution in [3.8, 4) is 67.5 Å². The third-order valence-electron chi connectivity index (χ3n) is 13.7. The highest BCUT2D eigenvalue weighted by atomic mass is 16.3. The minimum atomic E-state index is 0.598. The van der Waals surface area contributed by atoms with Gasteiger partial charge in [-0.3, -0.25) is 0 Å².